The molecule has 0 saturated carbocycles. The zero-order valence-electron chi connectivity index (χ0n) is 17.0. The van der Waals surface area contributed by atoms with E-state index in [1.54, 1.807) is 6.20 Å². The Morgan fingerprint density at radius 2 is 2.06 bits per heavy atom. The molecule has 0 radical (unpaired) electrons. The van der Waals surface area contributed by atoms with E-state index < -0.39 is 17.5 Å². The first-order valence-electron chi connectivity index (χ1n) is 9.80. The van der Waals surface area contributed by atoms with E-state index in [-0.39, 0.29) is 34.8 Å². The molecule has 2 N–H and O–H groups in total. The number of aryl methyl sites for hydroxylation is 1. The molecule has 4 rings (SSSR count). The van der Waals surface area contributed by atoms with Gasteiger partial charge in [-0.1, -0.05) is 22.8 Å². The summed E-state index contributed by atoms with van der Waals surface area (Å²) in [5.74, 6) is -1.36. The van der Waals surface area contributed by atoms with Crippen molar-refractivity contribution in [2.75, 3.05) is 11.9 Å². The van der Waals surface area contributed by atoms with Crippen LogP contribution in [-0.2, 0) is 26.3 Å². The van der Waals surface area contributed by atoms with Gasteiger partial charge in [0.05, 0.1) is 16.4 Å². The van der Waals surface area contributed by atoms with Crippen LogP contribution < -0.4 is 5.32 Å². The topological polar surface area (TPSA) is 74.8 Å². The summed E-state index contributed by atoms with van der Waals surface area (Å²) in [5.41, 5.74) is 1.29. The summed E-state index contributed by atoms with van der Waals surface area (Å²) < 4.78 is 44.1. The average molecular weight is 462 g/mol. The number of amidine groups is 1. The van der Waals surface area contributed by atoms with E-state index in [9.17, 15) is 18.4 Å². The standard InChI is InChI=1S/C22H19ClF3N5O/c1-31-7-6-28-20(31)4-5-27-19-11-14-13(10-17(25)21(26)22(14)29-19)18(30-32)9-12-2-3-16(24)15(23)8-12/h2-3,6-8,10,32H,4-5,9,11H2,1H3,(H,27,29)/b30-18+. The lowest BCUT2D eigenvalue weighted by Crippen LogP contribution is -2.10. The van der Waals surface area contributed by atoms with E-state index in [0.29, 0.717) is 29.9 Å². The van der Waals surface area contributed by atoms with Crippen LogP contribution in [0.3, 0.4) is 0 Å². The van der Waals surface area contributed by atoms with Crippen molar-refractivity contribution < 1.29 is 18.4 Å². The van der Waals surface area contributed by atoms with Gasteiger partial charge in [0.1, 0.15) is 17.5 Å². The molecule has 1 aromatic heterocycles. The normalized spacial score (nSPS) is 14.7. The first-order chi connectivity index (χ1) is 15.4. The van der Waals surface area contributed by atoms with Crippen LogP contribution in [0.5, 0.6) is 0 Å². The second kappa shape index (κ2) is 9.04. The second-order valence-electron chi connectivity index (χ2n) is 7.38. The number of anilines is 1. The molecule has 6 nitrogen and oxygen atoms in total. The summed E-state index contributed by atoms with van der Waals surface area (Å²) in [5, 5.41) is 15.7. The highest BCUT2D eigenvalue weighted by Crippen LogP contribution is 2.33. The van der Waals surface area contributed by atoms with Crippen LogP contribution in [0.1, 0.15) is 22.5 Å². The molecule has 2 aromatic carbocycles. The number of oxime groups is 1. The van der Waals surface area contributed by atoms with Gasteiger partial charge >= 0.3 is 0 Å². The second-order valence-corrected chi connectivity index (χ2v) is 7.79. The Bertz CT molecular complexity index is 1240. The molecule has 32 heavy (non-hydrogen) atoms. The Labute approximate surface area is 187 Å². The van der Waals surface area contributed by atoms with Crippen molar-refractivity contribution in [2.45, 2.75) is 19.3 Å². The molecule has 0 saturated heterocycles. The fraction of sp³-hybridized carbons (Fsp3) is 0.227. The van der Waals surface area contributed by atoms with Crippen LogP contribution in [0.15, 0.2) is 46.8 Å². The van der Waals surface area contributed by atoms with Gasteiger partial charge in [0.2, 0.25) is 0 Å². The highest BCUT2D eigenvalue weighted by molar-refractivity contribution is 6.30. The quantitative estimate of drug-likeness (QED) is 0.322. The average Bonchev–Trinajstić information content (AvgIpc) is 3.38. The zero-order valence-corrected chi connectivity index (χ0v) is 17.8. The summed E-state index contributed by atoms with van der Waals surface area (Å²) in [6, 6.07) is 5.06. The fourth-order valence-corrected chi connectivity index (χ4v) is 3.85. The molecule has 2 heterocycles. The summed E-state index contributed by atoms with van der Waals surface area (Å²) in [7, 11) is 1.88. The van der Waals surface area contributed by atoms with Gasteiger partial charge in [-0.05, 0) is 29.3 Å². The Kier molecular flexibility index (Phi) is 6.18. The van der Waals surface area contributed by atoms with Crippen LogP contribution >= 0.6 is 11.6 Å². The van der Waals surface area contributed by atoms with Crippen molar-refractivity contribution in [2.24, 2.45) is 17.2 Å². The molecule has 0 amide bonds. The number of fused-ring (bicyclic) bond motifs is 1. The van der Waals surface area contributed by atoms with Gasteiger partial charge in [-0.3, -0.25) is 4.99 Å². The molecule has 0 bridgehead atoms. The highest BCUT2D eigenvalue weighted by atomic mass is 35.5. The molecular formula is C22H19ClF3N5O. The summed E-state index contributed by atoms with van der Waals surface area (Å²) in [4.78, 5) is 8.69. The van der Waals surface area contributed by atoms with E-state index in [0.717, 1.165) is 11.9 Å². The van der Waals surface area contributed by atoms with Crippen molar-refractivity contribution in [1.82, 2.24) is 9.55 Å². The molecule has 0 spiro atoms. The Balaban J connectivity index is 1.59. The molecule has 0 atom stereocenters. The predicted molar refractivity (Wildman–Crippen MR) is 116 cm³/mol. The smallest absolute Gasteiger partial charge is 0.182 e. The summed E-state index contributed by atoms with van der Waals surface area (Å²) in [6.45, 7) is 0.412. The first-order valence-corrected chi connectivity index (χ1v) is 10.2. The van der Waals surface area contributed by atoms with Crippen LogP contribution in [-0.4, -0.2) is 32.9 Å². The predicted octanol–water partition coefficient (Wildman–Crippen LogP) is 4.52. The number of rotatable bonds is 6. The Morgan fingerprint density at radius 1 is 1.25 bits per heavy atom. The zero-order chi connectivity index (χ0) is 22.8. The van der Waals surface area contributed by atoms with Crippen molar-refractivity contribution in [3.8, 4) is 0 Å². The molecule has 0 aliphatic carbocycles. The van der Waals surface area contributed by atoms with Gasteiger partial charge in [-0.2, -0.15) is 0 Å². The molecular weight excluding hydrogens is 443 g/mol. The van der Waals surface area contributed by atoms with Crippen molar-refractivity contribution in [1.29, 1.82) is 0 Å². The third-order valence-corrected chi connectivity index (χ3v) is 5.58. The molecule has 0 fully saturated rings. The van der Waals surface area contributed by atoms with E-state index in [4.69, 9.17) is 11.6 Å². The van der Waals surface area contributed by atoms with Crippen molar-refractivity contribution >= 4 is 28.8 Å². The maximum absolute atomic E-state index is 14.5. The minimum atomic E-state index is -1.08. The lowest BCUT2D eigenvalue weighted by Gasteiger charge is -2.11. The van der Waals surface area contributed by atoms with Crippen LogP contribution in [0.25, 0.3) is 0 Å². The van der Waals surface area contributed by atoms with E-state index in [2.05, 4.69) is 20.4 Å². The number of hydrogen-bond donors (Lipinski definition) is 2. The number of benzene rings is 2. The number of imidazole rings is 1. The number of aliphatic imine (C=N–C) groups is 1. The van der Waals surface area contributed by atoms with Crippen LogP contribution in [0.4, 0.5) is 18.9 Å². The number of aromatic nitrogens is 2. The van der Waals surface area contributed by atoms with E-state index in [1.807, 2.05) is 17.8 Å². The molecule has 0 unspecified atom stereocenters. The Hall–Kier alpha value is -3.33. The number of nitrogens with zero attached hydrogens (tertiary/aromatic N) is 4. The van der Waals surface area contributed by atoms with Gasteiger partial charge in [0.15, 0.2) is 11.6 Å². The number of halogens is 4. The van der Waals surface area contributed by atoms with Gasteiger partial charge < -0.3 is 15.1 Å². The first kappa shape index (κ1) is 21.9. The lowest BCUT2D eigenvalue weighted by molar-refractivity contribution is 0.318. The molecule has 1 aliphatic rings. The highest BCUT2D eigenvalue weighted by Gasteiger charge is 2.28. The van der Waals surface area contributed by atoms with E-state index in [1.165, 1.54) is 18.2 Å². The Morgan fingerprint density at radius 3 is 2.75 bits per heavy atom. The van der Waals surface area contributed by atoms with E-state index >= 15 is 0 Å². The van der Waals surface area contributed by atoms with Gasteiger partial charge in [-0.15, -0.1) is 0 Å². The molecule has 166 valence electrons. The molecule has 10 heteroatoms. The maximum atomic E-state index is 14.5. The lowest BCUT2D eigenvalue weighted by atomic mass is 9.95. The fourth-order valence-electron chi connectivity index (χ4n) is 3.64. The number of hydrogen-bond acceptors (Lipinski definition) is 4. The molecule has 1 aliphatic heterocycles. The van der Waals surface area contributed by atoms with Crippen molar-refractivity contribution in [3.63, 3.8) is 0 Å². The maximum Gasteiger partial charge on any atom is 0.182 e. The minimum Gasteiger partial charge on any atom is -0.411 e. The third kappa shape index (κ3) is 4.34. The van der Waals surface area contributed by atoms with Crippen LogP contribution in [0, 0.1) is 17.5 Å². The number of nitrogens with one attached hydrogen (secondary N) is 1. The molecule has 3 aromatic rings. The van der Waals surface area contributed by atoms with Crippen molar-refractivity contribution in [3.05, 3.63) is 81.6 Å². The van der Waals surface area contributed by atoms with Gasteiger partial charge in [0.25, 0.3) is 0 Å². The van der Waals surface area contributed by atoms with Gasteiger partial charge in [0, 0.05) is 50.8 Å². The largest absolute Gasteiger partial charge is 0.411 e. The summed E-state index contributed by atoms with van der Waals surface area (Å²) >= 11 is 5.82. The van der Waals surface area contributed by atoms with Crippen LogP contribution in [0.2, 0.25) is 5.02 Å². The SMILES string of the molecule is Cn1ccnc1CCN=C1Cc2c(/C(Cc3ccc(F)c(Cl)c3)=N/O)cc(F)c(F)c2N1. The summed E-state index contributed by atoms with van der Waals surface area (Å²) in [6.07, 6.45) is 4.37. The van der Waals surface area contributed by atoms with Gasteiger partial charge in [-0.25, -0.2) is 18.2 Å². The minimum absolute atomic E-state index is 0.0333. The third-order valence-electron chi connectivity index (χ3n) is 5.29. The monoisotopic (exact) mass is 461 g/mol.